The number of aromatic amines is 1. The van der Waals surface area contributed by atoms with Gasteiger partial charge in [0.25, 0.3) is 0 Å². The maximum atomic E-state index is 13.6. The number of rotatable bonds is 1. The van der Waals surface area contributed by atoms with Crippen molar-refractivity contribution in [2.24, 2.45) is 0 Å². The zero-order valence-corrected chi connectivity index (χ0v) is 18.2. The molecule has 1 aromatic heterocycles. The minimum atomic E-state index is -0.361. The van der Waals surface area contributed by atoms with Crippen LogP contribution in [0.4, 0.5) is 5.69 Å². The molecule has 4 nitrogen and oxygen atoms in total. The zero-order valence-electron chi connectivity index (χ0n) is 17.5. The van der Waals surface area contributed by atoms with Crippen molar-refractivity contribution >= 4 is 34.0 Å². The second-order valence-electron chi connectivity index (χ2n) is 8.87. The van der Waals surface area contributed by atoms with E-state index in [1.807, 2.05) is 24.3 Å². The van der Waals surface area contributed by atoms with Crippen LogP contribution >= 0.6 is 11.6 Å². The molecule has 0 radical (unpaired) electrons. The number of carbonyl (C=O) groups is 1. The minimum Gasteiger partial charge on any atom is -0.368 e. The first-order valence-corrected chi connectivity index (χ1v) is 10.6. The van der Waals surface area contributed by atoms with Gasteiger partial charge in [0.15, 0.2) is 5.78 Å². The fraction of sp³-hybridized carbons (Fsp3) is 0.320. The molecule has 30 heavy (non-hydrogen) atoms. The number of hydrogen-bond donors (Lipinski definition) is 1. The van der Waals surface area contributed by atoms with Crippen LogP contribution in [0.2, 0.25) is 5.02 Å². The Morgan fingerprint density at radius 2 is 1.87 bits per heavy atom. The van der Waals surface area contributed by atoms with Crippen molar-refractivity contribution in [1.82, 2.24) is 9.88 Å². The summed E-state index contributed by atoms with van der Waals surface area (Å²) in [5, 5.41) is 1.55. The van der Waals surface area contributed by atoms with Gasteiger partial charge in [0, 0.05) is 59.3 Å². The highest BCUT2D eigenvalue weighted by Gasteiger charge is 2.40. The van der Waals surface area contributed by atoms with Gasteiger partial charge in [0.05, 0.1) is 16.3 Å². The first-order valence-electron chi connectivity index (χ1n) is 10.3. The summed E-state index contributed by atoms with van der Waals surface area (Å²) in [5.41, 5.74) is 5.72. The highest BCUT2D eigenvalue weighted by molar-refractivity contribution is 6.34. The van der Waals surface area contributed by atoms with Gasteiger partial charge in [-0.25, -0.2) is 0 Å². The second-order valence-corrected chi connectivity index (χ2v) is 9.28. The van der Waals surface area contributed by atoms with Gasteiger partial charge >= 0.3 is 0 Å². The molecule has 1 aliphatic carbocycles. The summed E-state index contributed by atoms with van der Waals surface area (Å²) in [4.78, 5) is 21.7. The van der Waals surface area contributed by atoms with E-state index in [0.29, 0.717) is 10.6 Å². The van der Waals surface area contributed by atoms with Crippen LogP contribution in [0, 0.1) is 12.3 Å². The Hall–Kier alpha value is -2.74. The molecule has 152 valence electrons. The van der Waals surface area contributed by atoms with Crippen LogP contribution in [-0.4, -0.2) is 48.9 Å². The van der Waals surface area contributed by atoms with Gasteiger partial charge in [-0.2, -0.15) is 0 Å². The molecule has 2 aromatic carbocycles. The molecule has 0 unspecified atom stereocenters. The van der Waals surface area contributed by atoms with Gasteiger partial charge in [0.1, 0.15) is 0 Å². The molecule has 0 spiro atoms. The predicted molar refractivity (Wildman–Crippen MR) is 123 cm³/mol. The fourth-order valence-electron chi connectivity index (χ4n) is 4.82. The molecule has 1 saturated heterocycles. The maximum Gasteiger partial charge on any atom is 0.195 e. The third kappa shape index (κ3) is 2.70. The lowest BCUT2D eigenvalue weighted by molar-refractivity contribution is 0.103. The standard InChI is InChI=1S/C25H24ClN3O/c1-5-15-6-7-16-20(12-15)27-24-22(16)23(30)17-13-19(26)21(14-18(17)25(24,2)3)29-10-8-28(4)9-11-29/h1,6-7,12-14,27H,8-11H2,2-4H3. The first kappa shape index (κ1) is 19.2. The number of benzene rings is 2. The molecule has 3 aromatic rings. The number of anilines is 1. The Morgan fingerprint density at radius 3 is 2.57 bits per heavy atom. The number of terminal acetylenes is 1. The third-order valence-electron chi connectivity index (χ3n) is 6.67. The topological polar surface area (TPSA) is 39.3 Å². The Balaban J connectivity index is 1.68. The van der Waals surface area contributed by atoms with Crippen LogP contribution < -0.4 is 4.90 Å². The zero-order chi connectivity index (χ0) is 21.2. The summed E-state index contributed by atoms with van der Waals surface area (Å²) in [7, 11) is 2.14. The van der Waals surface area contributed by atoms with E-state index in [2.05, 4.69) is 47.7 Å². The second kappa shape index (κ2) is 6.63. The lowest BCUT2D eigenvalue weighted by Gasteiger charge is -2.37. The number of aromatic nitrogens is 1. The van der Waals surface area contributed by atoms with Crippen LogP contribution in [0.1, 0.15) is 46.6 Å². The molecule has 5 heteroatoms. The number of fused-ring (bicyclic) bond motifs is 4. The summed E-state index contributed by atoms with van der Waals surface area (Å²) in [5.74, 6) is 2.69. The van der Waals surface area contributed by atoms with Crippen molar-refractivity contribution in [3.8, 4) is 12.3 Å². The summed E-state index contributed by atoms with van der Waals surface area (Å²) < 4.78 is 0. The number of carbonyl (C=O) groups excluding carboxylic acids is 1. The third-order valence-corrected chi connectivity index (χ3v) is 6.97. The van der Waals surface area contributed by atoms with Crippen molar-refractivity contribution < 1.29 is 4.79 Å². The largest absolute Gasteiger partial charge is 0.368 e. The predicted octanol–water partition coefficient (Wildman–Crippen LogP) is 4.42. The van der Waals surface area contributed by atoms with Crippen molar-refractivity contribution in [3.63, 3.8) is 0 Å². The van der Waals surface area contributed by atoms with Crippen LogP contribution in [0.5, 0.6) is 0 Å². The van der Waals surface area contributed by atoms with Gasteiger partial charge in [-0.1, -0.05) is 37.4 Å². The summed E-state index contributed by atoms with van der Waals surface area (Å²) in [6.45, 7) is 8.18. The summed E-state index contributed by atoms with van der Waals surface area (Å²) in [6, 6.07) is 9.76. The first-order chi connectivity index (χ1) is 14.3. The molecule has 1 fully saturated rings. The molecule has 1 N–H and O–H groups in total. The van der Waals surface area contributed by atoms with Crippen molar-refractivity contribution in [2.75, 3.05) is 38.1 Å². The normalized spacial score (nSPS) is 18.2. The van der Waals surface area contributed by atoms with Gasteiger partial charge in [-0.15, -0.1) is 6.42 Å². The molecule has 0 atom stereocenters. The molecule has 2 aliphatic rings. The Labute approximate surface area is 181 Å². The molecule has 0 amide bonds. The number of H-pyrrole nitrogens is 1. The smallest absolute Gasteiger partial charge is 0.195 e. The number of halogens is 1. The molecule has 2 heterocycles. The molecule has 5 rings (SSSR count). The summed E-state index contributed by atoms with van der Waals surface area (Å²) in [6.07, 6.45) is 5.57. The Kier molecular flexibility index (Phi) is 4.25. The number of ketones is 1. The van der Waals surface area contributed by atoms with Gasteiger partial charge in [-0.3, -0.25) is 4.79 Å². The van der Waals surface area contributed by atoms with Crippen LogP contribution in [0.3, 0.4) is 0 Å². The average Bonchev–Trinajstić information content (AvgIpc) is 3.12. The number of likely N-dealkylation sites (N-methyl/N-ethyl adjacent to an activating group) is 1. The lowest BCUT2D eigenvalue weighted by Crippen LogP contribution is -2.44. The SMILES string of the molecule is C#Cc1ccc2c3c([nH]c2c1)C(C)(C)c1cc(N2CCN(C)CC2)c(Cl)cc1C3=O. The number of nitrogens with zero attached hydrogens (tertiary/aromatic N) is 2. The van der Waals surface area contributed by atoms with E-state index in [1.165, 1.54) is 0 Å². The quantitative estimate of drug-likeness (QED) is 0.595. The van der Waals surface area contributed by atoms with E-state index in [1.54, 1.807) is 0 Å². The maximum absolute atomic E-state index is 13.6. The van der Waals surface area contributed by atoms with E-state index in [4.69, 9.17) is 18.0 Å². The van der Waals surface area contributed by atoms with Gasteiger partial charge in [0.2, 0.25) is 0 Å². The molecular weight excluding hydrogens is 394 g/mol. The van der Waals surface area contributed by atoms with Crippen LogP contribution in [0.15, 0.2) is 30.3 Å². The molecule has 0 saturated carbocycles. The number of hydrogen-bond acceptors (Lipinski definition) is 3. The number of nitrogens with one attached hydrogen (secondary N) is 1. The highest BCUT2D eigenvalue weighted by atomic mass is 35.5. The Bertz CT molecular complexity index is 1240. The average molecular weight is 418 g/mol. The fourth-order valence-corrected chi connectivity index (χ4v) is 5.10. The van der Waals surface area contributed by atoms with Crippen LogP contribution in [0.25, 0.3) is 10.9 Å². The van der Waals surface area contributed by atoms with E-state index in [-0.39, 0.29) is 11.2 Å². The van der Waals surface area contributed by atoms with E-state index in [0.717, 1.165) is 65.2 Å². The van der Waals surface area contributed by atoms with E-state index < -0.39 is 0 Å². The molecular formula is C25H24ClN3O. The summed E-state index contributed by atoms with van der Waals surface area (Å²) >= 11 is 6.71. The Morgan fingerprint density at radius 1 is 1.13 bits per heavy atom. The minimum absolute atomic E-state index is 0.0193. The lowest BCUT2D eigenvalue weighted by atomic mass is 9.71. The highest BCUT2D eigenvalue weighted by Crippen LogP contribution is 2.46. The van der Waals surface area contributed by atoms with E-state index >= 15 is 0 Å². The monoisotopic (exact) mass is 417 g/mol. The van der Waals surface area contributed by atoms with Crippen molar-refractivity contribution in [1.29, 1.82) is 0 Å². The van der Waals surface area contributed by atoms with Gasteiger partial charge < -0.3 is 14.8 Å². The number of piperazine rings is 1. The van der Waals surface area contributed by atoms with Crippen molar-refractivity contribution in [3.05, 3.63) is 63.3 Å². The molecule has 0 bridgehead atoms. The van der Waals surface area contributed by atoms with Crippen molar-refractivity contribution in [2.45, 2.75) is 19.3 Å². The molecule has 1 aliphatic heterocycles. The van der Waals surface area contributed by atoms with Gasteiger partial charge in [-0.05, 0) is 36.9 Å². The van der Waals surface area contributed by atoms with Crippen LogP contribution in [-0.2, 0) is 5.41 Å². The van der Waals surface area contributed by atoms with E-state index in [9.17, 15) is 4.79 Å².